The van der Waals surface area contributed by atoms with Crippen LogP contribution in [0.15, 0.2) is 83.8 Å². The number of benzene rings is 3. The number of hydrogen-bond donors (Lipinski definition) is 2. The van der Waals surface area contributed by atoms with Crippen molar-refractivity contribution in [1.82, 2.24) is 9.88 Å². The van der Waals surface area contributed by atoms with Crippen molar-refractivity contribution < 1.29 is 9.90 Å². The van der Waals surface area contributed by atoms with Crippen molar-refractivity contribution in [2.45, 2.75) is 24.5 Å². The molecule has 0 amide bonds. The SMILES string of the molecule is CSc1ccc(CNCc2c(C(=O)O)n(Cc3ccccc3)c3ccccc23)cc1. The van der Waals surface area contributed by atoms with E-state index in [4.69, 9.17) is 0 Å². The summed E-state index contributed by atoms with van der Waals surface area (Å²) >= 11 is 1.72. The van der Waals surface area contributed by atoms with Gasteiger partial charge in [-0.3, -0.25) is 0 Å². The fraction of sp³-hybridized carbons (Fsp3) is 0.160. The van der Waals surface area contributed by atoms with Crippen LogP contribution in [-0.2, 0) is 19.6 Å². The van der Waals surface area contributed by atoms with Gasteiger partial charge >= 0.3 is 5.97 Å². The van der Waals surface area contributed by atoms with Crippen LogP contribution < -0.4 is 5.32 Å². The van der Waals surface area contributed by atoms with Gasteiger partial charge in [0.05, 0.1) is 0 Å². The maximum Gasteiger partial charge on any atom is 0.352 e. The number of aromatic nitrogens is 1. The lowest BCUT2D eigenvalue weighted by molar-refractivity contribution is 0.0685. The predicted octanol–water partition coefficient (Wildman–Crippen LogP) is 5.40. The van der Waals surface area contributed by atoms with Crippen molar-refractivity contribution >= 4 is 28.6 Å². The van der Waals surface area contributed by atoms with Gasteiger partial charge in [0.15, 0.2) is 0 Å². The Labute approximate surface area is 180 Å². The van der Waals surface area contributed by atoms with E-state index in [-0.39, 0.29) is 0 Å². The minimum atomic E-state index is -0.900. The van der Waals surface area contributed by atoms with Gasteiger partial charge in [0.1, 0.15) is 5.69 Å². The number of para-hydroxylation sites is 1. The van der Waals surface area contributed by atoms with Gasteiger partial charge in [-0.2, -0.15) is 0 Å². The van der Waals surface area contributed by atoms with E-state index in [1.54, 1.807) is 11.8 Å². The Kier molecular flexibility index (Phi) is 6.21. The number of carbonyl (C=O) groups is 1. The largest absolute Gasteiger partial charge is 0.477 e. The summed E-state index contributed by atoms with van der Waals surface area (Å²) in [6.07, 6.45) is 2.06. The summed E-state index contributed by atoms with van der Waals surface area (Å²) in [4.78, 5) is 13.5. The molecule has 1 heterocycles. The smallest absolute Gasteiger partial charge is 0.352 e. The fourth-order valence-corrected chi connectivity index (χ4v) is 4.21. The average Bonchev–Trinajstić information content (AvgIpc) is 3.09. The standard InChI is InChI=1S/C25H24N2O2S/c1-30-20-13-11-18(12-14-20)15-26-16-22-21-9-5-6-10-23(21)27(24(22)25(28)29)17-19-7-3-2-4-8-19/h2-14,26H,15-17H2,1H3,(H,28,29). The Hall–Kier alpha value is -3.02. The Morgan fingerprint density at radius 3 is 2.30 bits per heavy atom. The monoisotopic (exact) mass is 416 g/mol. The summed E-state index contributed by atoms with van der Waals surface area (Å²) in [6.45, 7) is 1.71. The van der Waals surface area contributed by atoms with Crippen molar-refractivity contribution in [3.63, 3.8) is 0 Å². The number of carboxylic acids is 1. The lowest BCUT2D eigenvalue weighted by Crippen LogP contribution is -2.17. The molecular formula is C25H24N2O2S. The first kappa shape index (κ1) is 20.3. The van der Waals surface area contributed by atoms with Crippen LogP contribution in [0.4, 0.5) is 0 Å². The Bertz CT molecular complexity index is 1150. The molecule has 0 atom stereocenters. The molecule has 0 saturated carbocycles. The van der Waals surface area contributed by atoms with E-state index in [2.05, 4.69) is 35.8 Å². The minimum absolute atomic E-state index is 0.352. The number of rotatable bonds is 8. The van der Waals surface area contributed by atoms with Crippen LogP contribution in [0.1, 0.15) is 27.2 Å². The molecule has 1 aromatic heterocycles. The molecule has 0 bridgehead atoms. The summed E-state index contributed by atoms with van der Waals surface area (Å²) in [6, 6.07) is 26.3. The maximum atomic E-state index is 12.3. The number of nitrogens with zero attached hydrogens (tertiary/aromatic N) is 1. The number of aromatic carboxylic acids is 1. The van der Waals surface area contributed by atoms with Crippen LogP contribution in [0.2, 0.25) is 0 Å². The number of carboxylic acid groups (broad SMARTS) is 1. The summed E-state index contributed by atoms with van der Waals surface area (Å²) < 4.78 is 1.91. The van der Waals surface area contributed by atoms with Gasteiger partial charge in [-0.05, 0) is 35.6 Å². The molecular weight excluding hydrogens is 392 g/mol. The quantitative estimate of drug-likeness (QED) is 0.378. The first-order valence-electron chi connectivity index (χ1n) is 9.88. The van der Waals surface area contributed by atoms with Gasteiger partial charge in [-0.15, -0.1) is 11.8 Å². The van der Waals surface area contributed by atoms with E-state index in [0.29, 0.717) is 25.3 Å². The number of nitrogens with one attached hydrogen (secondary N) is 1. The van der Waals surface area contributed by atoms with E-state index >= 15 is 0 Å². The molecule has 152 valence electrons. The summed E-state index contributed by atoms with van der Waals surface area (Å²) in [5.41, 5.74) is 4.38. The van der Waals surface area contributed by atoms with Crippen LogP contribution in [0.3, 0.4) is 0 Å². The van der Waals surface area contributed by atoms with E-state index in [0.717, 1.165) is 22.0 Å². The van der Waals surface area contributed by atoms with E-state index in [9.17, 15) is 9.90 Å². The molecule has 4 nitrogen and oxygen atoms in total. The summed E-state index contributed by atoms with van der Waals surface area (Å²) in [5.74, 6) is -0.900. The lowest BCUT2D eigenvalue weighted by Gasteiger charge is -2.10. The first-order valence-corrected chi connectivity index (χ1v) is 11.1. The van der Waals surface area contributed by atoms with Crippen LogP contribution >= 0.6 is 11.8 Å². The Morgan fingerprint density at radius 2 is 1.60 bits per heavy atom. The van der Waals surface area contributed by atoms with Crippen LogP contribution in [-0.4, -0.2) is 21.9 Å². The molecule has 2 N–H and O–H groups in total. The molecule has 0 aliphatic heterocycles. The number of fused-ring (bicyclic) bond motifs is 1. The lowest BCUT2D eigenvalue weighted by atomic mass is 10.1. The van der Waals surface area contributed by atoms with Crippen molar-refractivity contribution in [3.8, 4) is 0 Å². The highest BCUT2D eigenvalue weighted by atomic mass is 32.2. The van der Waals surface area contributed by atoms with Crippen molar-refractivity contribution in [2.24, 2.45) is 0 Å². The summed E-state index contributed by atoms with van der Waals surface area (Å²) in [5, 5.41) is 14.5. The number of hydrogen-bond acceptors (Lipinski definition) is 3. The first-order chi connectivity index (χ1) is 14.7. The van der Waals surface area contributed by atoms with Crippen molar-refractivity contribution in [2.75, 3.05) is 6.26 Å². The molecule has 0 spiro atoms. The second-order valence-electron chi connectivity index (χ2n) is 7.17. The Morgan fingerprint density at radius 1 is 0.900 bits per heavy atom. The normalized spacial score (nSPS) is 11.1. The second kappa shape index (κ2) is 9.20. The highest BCUT2D eigenvalue weighted by molar-refractivity contribution is 7.98. The fourth-order valence-electron chi connectivity index (χ4n) is 3.80. The zero-order valence-corrected chi connectivity index (χ0v) is 17.7. The molecule has 0 saturated heterocycles. The van der Waals surface area contributed by atoms with Gasteiger partial charge in [-0.25, -0.2) is 4.79 Å². The molecule has 3 aromatic carbocycles. The zero-order valence-electron chi connectivity index (χ0n) is 16.8. The van der Waals surface area contributed by atoms with Crippen LogP contribution in [0, 0.1) is 0 Å². The Balaban J connectivity index is 1.64. The molecule has 0 aliphatic carbocycles. The van der Waals surface area contributed by atoms with Crippen molar-refractivity contribution in [3.05, 3.63) is 101 Å². The van der Waals surface area contributed by atoms with Gasteiger partial charge in [0.2, 0.25) is 0 Å². The maximum absolute atomic E-state index is 12.3. The minimum Gasteiger partial charge on any atom is -0.477 e. The highest BCUT2D eigenvalue weighted by Crippen LogP contribution is 2.28. The predicted molar refractivity (Wildman–Crippen MR) is 123 cm³/mol. The van der Waals surface area contributed by atoms with E-state index in [1.165, 1.54) is 10.5 Å². The molecule has 30 heavy (non-hydrogen) atoms. The van der Waals surface area contributed by atoms with Gasteiger partial charge in [-0.1, -0.05) is 60.7 Å². The topological polar surface area (TPSA) is 54.3 Å². The molecule has 0 aliphatic rings. The molecule has 0 fully saturated rings. The van der Waals surface area contributed by atoms with E-state index < -0.39 is 5.97 Å². The zero-order chi connectivity index (χ0) is 20.9. The number of thioether (sulfide) groups is 1. The second-order valence-corrected chi connectivity index (χ2v) is 8.05. The molecule has 4 aromatic rings. The average molecular weight is 417 g/mol. The third kappa shape index (κ3) is 4.27. The molecule has 0 unspecified atom stereocenters. The van der Waals surface area contributed by atoms with Gasteiger partial charge in [0, 0.05) is 41.0 Å². The van der Waals surface area contributed by atoms with Gasteiger partial charge in [0.25, 0.3) is 0 Å². The van der Waals surface area contributed by atoms with Crippen molar-refractivity contribution in [1.29, 1.82) is 0 Å². The third-order valence-corrected chi connectivity index (χ3v) is 6.00. The van der Waals surface area contributed by atoms with Crippen LogP contribution in [0.25, 0.3) is 10.9 Å². The molecule has 0 radical (unpaired) electrons. The van der Waals surface area contributed by atoms with Crippen LogP contribution in [0.5, 0.6) is 0 Å². The summed E-state index contributed by atoms with van der Waals surface area (Å²) in [7, 11) is 0. The van der Waals surface area contributed by atoms with Gasteiger partial charge < -0.3 is 15.0 Å². The highest BCUT2D eigenvalue weighted by Gasteiger charge is 2.22. The third-order valence-electron chi connectivity index (χ3n) is 5.25. The molecule has 5 heteroatoms. The van der Waals surface area contributed by atoms with E-state index in [1.807, 2.05) is 59.2 Å². The molecule has 4 rings (SSSR count).